The van der Waals surface area contributed by atoms with Gasteiger partial charge in [-0.2, -0.15) is 0 Å². The molecule has 0 radical (unpaired) electrons. The second-order valence-electron chi connectivity index (χ2n) is 4.73. The summed E-state index contributed by atoms with van der Waals surface area (Å²) in [6.07, 6.45) is 5.02. The van der Waals surface area contributed by atoms with E-state index in [9.17, 15) is 4.79 Å². The molecule has 0 spiro atoms. The Kier molecular flexibility index (Phi) is 3.52. The molecule has 1 fully saturated rings. The third-order valence-electron chi connectivity index (χ3n) is 3.30. The Morgan fingerprint density at radius 2 is 1.88 bits per heavy atom. The zero-order chi connectivity index (χ0) is 12.3. The molecule has 2 rings (SSSR count). The molecule has 1 amide bonds. The van der Waals surface area contributed by atoms with Crippen molar-refractivity contribution >= 4 is 17.3 Å². The maximum Gasteiger partial charge on any atom is 0.251 e. The van der Waals surface area contributed by atoms with E-state index < -0.39 is 0 Å². The first-order valence-electron chi connectivity index (χ1n) is 6.09. The third-order valence-corrected chi connectivity index (χ3v) is 3.30. The van der Waals surface area contributed by atoms with Crippen LogP contribution in [0.2, 0.25) is 0 Å². The Morgan fingerprint density at radius 3 is 2.41 bits per heavy atom. The quantitative estimate of drug-likeness (QED) is 0.693. The summed E-state index contributed by atoms with van der Waals surface area (Å²) in [4.78, 5) is 11.8. The monoisotopic (exact) mass is 233 g/mol. The van der Waals surface area contributed by atoms with Gasteiger partial charge >= 0.3 is 0 Å². The highest BCUT2D eigenvalue weighted by Crippen LogP contribution is 2.28. The predicted molar refractivity (Wildman–Crippen MR) is 69.6 cm³/mol. The van der Waals surface area contributed by atoms with E-state index in [1.54, 1.807) is 18.2 Å². The van der Waals surface area contributed by atoms with Gasteiger partial charge in [0, 0.05) is 23.5 Å². The first-order chi connectivity index (χ1) is 8.15. The standard InChI is InChI=1S/C13H19N3O/c14-11-6-10(7-12(15)8-11)13(17)16-5-4-9-2-1-3-9/h6-9H,1-5,14-15H2,(H,16,17). The fourth-order valence-electron chi connectivity index (χ4n) is 2.08. The second-order valence-corrected chi connectivity index (χ2v) is 4.73. The summed E-state index contributed by atoms with van der Waals surface area (Å²) in [5, 5.41) is 2.90. The normalized spacial score (nSPS) is 15.3. The molecule has 17 heavy (non-hydrogen) atoms. The van der Waals surface area contributed by atoms with Gasteiger partial charge < -0.3 is 16.8 Å². The minimum absolute atomic E-state index is 0.0941. The van der Waals surface area contributed by atoms with Gasteiger partial charge in [-0.25, -0.2) is 0 Å². The molecule has 5 N–H and O–H groups in total. The van der Waals surface area contributed by atoms with Crippen LogP contribution in [0.15, 0.2) is 18.2 Å². The van der Waals surface area contributed by atoms with Crippen LogP contribution >= 0.6 is 0 Å². The Hall–Kier alpha value is -1.71. The average Bonchev–Trinajstić information content (AvgIpc) is 2.20. The van der Waals surface area contributed by atoms with Crippen LogP contribution in [0.25, 0.3) is 0 Å². The maximum atomic E-state index is 11.8. The predicted octanol–water partition coefficient (Wildman–Crippen LogP) is 1.77. The molecular weight excluding hydrogens is 214 g/mol. The van der Waals surface area contributed by atoms with Crippen LogP contribution in [-0.4, -0.2) is 12.5 Å². The Bertz CT molecular complexity index is 393. The Morgan fingerprint density at radius 1 is 1.24 bits per heavy atom. The average molecular weight is 233 g/mol. The van der Waals surface area contributed by atoms with Gasteiger partial charge in [-0.3, -0.25) is 4.79 Å². The van der Waals surface area contributed by atoms with E-state index in [4.69, 9.17) is 11.5 Å². The lowest BCUT2D eigenvalue weighted by Gasteiger charge is -2.25. The molecule has 0 aliphatic heterocycles. The number of anilines is 2. The van der Waals surface area contributed by atoms with Crippen LogP contribution in [0, 0.1) is 5.92 Å². The molecule has 0 aromatic heterocycles. The highest BCUT2D eigenvalue weighted by molar-refractivity contribution is 5.96. The molecule has 1 aliphatic rings. The lowest BCUT2D eigenvalue weighted by molar-refractivity contribution is 0.0949. The van der Waals surface area contributed by atoms with Gasteiger partial charge in [0.2, 0.25) is 0 Å². The first kappa shape index (κ1) is 11.8. The molecule has 92 valence electrons. The molecule has 0 atom stereocenters. The van der Waals surface area contributed by atoms with Gasteiger partial charge in [0.15, 0.2) is 0 Å². The summed E-state index contributed by atoms with van der Waals surface area (Å²) in [6.45, 7) is 0.734. The molecule has 1 aromatic carbocycles. The smallest absolute Gasteiger partial charge is 0.251 e. The third kappa shape index (κ3) is 3.12. The summed E-state index contributed by atoms with van der Waals surface area (Å²) in [5.41, 5.74) is 12.9. The van der Waals surface area contributed by atoms with Crippen LogP contribution < -0.4 is 16.8 Å². The highest BCUT2D eigenvalue weighted by Gasteiger charge is 2.17. The van der Waals surface area contributed by atoms with Crippen molar-refractivity contribution in [3.05, 3.63) is 23.8 Å². The number of nitrogens with one attached hydrogen (secondary N) is 1. The van der Waals surface area contributed by atoms with E-state index >= 15 is 0 Å². The van der Waals surface area contributed by atoms with Crippen molar-refractivity contribution in [3.63, 3.8) is 0 Å². The summed E-state index contributed by atoms with van der Waals surface area (Å²) >= 11 is 0. The first-order valence-corrected chi connectivity index (χ1v) is 6.09. The molecule has 4 nitrogen and oxygen atoms in total. The zero-order valence-electron chi connectivity index (χ0n) is 9.91. The van der Waals surface area contributed by atoms with Crippen LogP contribution in [0.4, 0.5) is 11.4 Å². The van der Waals surface area contributed by atoms with E-state index in [0.29, 0.717) is 16.9 Å². The van der Waals surface area contributed by atoms with Crippen LogP contribution in [-0.2, 0) is 0 Å². The molecule has 0 unspecified atom stereocenters. The van der Waals surface area contributed by atoms with Gasteiger partial charge in [0.25, 0.3) is 5.91 Å². The number of rotatable bonds is 4. The van der Waals surface area contributed by atoms with E-state index in [1.807, 2.05) is 0 Å². The van der Waals surface area contributed by atoms with Crippen molar-refractivity contribution in [2.24, 2.45) is 5.92 Å². The minimum Gasteiger partial charge on any atom is -0.399 e. The van der Waals surface area contributed by atoms with Crippen LogP contribution in [0.3, 0.4) is 0 Å². The van der Waals surface area contributed by atoms with Crippen molar-refractivity contribution in [1.82, 2.24) is 5.32 Å². The topological polar surface area (TPSA) is 81.1 Å². The fraction of sp³-hybridized carbons (Fsp3) is 0.462. The van der Waals surface area contributed by atoms with Crippen molar-refractivity contribution in [3.8, 4) is 0 Å². The number of benzene rings is 1. The molecule has 0 bridgehead atoms. The lowest BCUT2D eigenvalue weighted by atomic mass is 9.83. The second kappa shape index (κ2) is 5.08. The van der Waals surface area contributed by atoms with Gasteiger partial charge in [0.05, 0.1) is 0 Å². The molecule has 1 saturated carbocycles. The van der Waals surface area contributed by atoms with E-state index in [2.05, 4.69) is 5.32 Å². The van der Waals surface area contributed by atoms with Gasteiger partial charge in [0.1, 0.15) is 0 Å². The van der Waals surface area contributed by atoms with Crippen molar-refractivity contribution in [2.45, 2.75) is 25.7 Å². The van der Waals surface area contributed by atoms with Crippen LogP contribution in [0.5, 0.6) is 0 Å². The molecular formula is C13H19N3O. The summed E-state index contributed by atoms with van der Waals surface area (Å²) in [6, 6.07) is 4.94. The van der Waals surface area contributed by atoms with Gasteiger partial charge in [-0.05, 0) is 30.5 Å². The summed E-state index contributed by atoms with van der Waals surface area (Å²) in [7, 11) is 0. The Balaban J connectivity index is 1.85. The van der Waals surface area contributed by atoms with Gasteiger partial charge in [-0.15, -0.1) is 0 Å². The summed E-state index contributed by atoms with van der Waals surface area (Å²) in [5.74, 6) is 0.713. The molecule has 1 aromatic rings. The number of nitrogen functional groups attached to an aromatic ring is 2. The minimum atomic E-state index is -0.0941. The maximum absolute atomic E-state index is 11.8. The molecule has 1 aliphatic carbocycles. The number of hydrogen-bond acceptors (Lipinski definition) is 3. The Labute approximate surface area is 101 Å². The van der Waals surface area contributed by atoms with Crippen molar-refractivity contribution < 1.29 is 4.79 Å². The van der Waals surface area contributed by atoms with E-state index in [0.717, 1.165) is 18.9 Å². The highest BCUT2D eigenvalue weighted by atomic mass is 16.1. The molecule has 4 heteroatoms. The van der Waals surface area contributed by atoms with E-state index in [1.165, 1.54) is 19.3 Å². The van der Waals surface area contributed by atoms with Crippen molar-refractivity contribution in [2.75, 3.05) is 18.0 Å². The summed E-state index contributed by atoms with van der Waals surface area (Å²) < 4.78 is 0. The number of hydrogen-bond donors (Lipinski definition) is 3. The zero-order valence-corrected chi connectivity index (χ0v) is 9.91. The number of carbonyl (C=O) groups is 1. The number of carbonyl (C=O) groups excluding carboxylic acids is 1. The van der Waals surface area contributed by atoms with Crippen LogP contribution in [0.1, 0.15) is 36.0 Å². The SMILES string of the molecule is Nc1cc(N)cc(C(=O)NCCC2CCC2)c1. The van der Waals surface area contributed by atoms with E-state index in [-0.39, 0.29) is 5.91 Å². The lowest BCUT2D eigenvalue weighted by Crippen LogP contribution is -2.27. The fourth-order valence-corrected chi connectivity index (χ4v) is 2.08. The number of nitrogens with two attached hydrogens (primary N) is 2. The molecule has 0 saturated heterocycles. The molecule has 0 heterocycles. The van der Waals surface area contributed by atoms with Gasteiger partial charge in [-0.1, -0.05) is 19.3 Å². The largest absolute Gasteiger partial charge is 0.399 e. The number of amides is 1. The van der Waals surface area contributed by atoms with Crippen molar-refractivity contribution in [1.29, 1.82) is 0 Å².